The molecule has 92 valence electrons. The van der Waals surface area contributed by atoms with Crippen LogP contribution in [0, 0.1) is 11.8 Å². The summed E-state index contributed by atoms with van der Waals surface area (Å²) in [4.78, 5) is 23.7. The number of thiophene rings is 1. The Hall–Kier alpha value is -0.680. The van der Waals surface area contributed by atoms with Crippen molar-refractivity contribution in [1.29, 1.82) is 0 Å². The number of carboxylic acids is 1. The van der Waals surface area contributed by atoms with Gasteiger partial charge in [-0.25, -0.2) is 0 Å². The van der Waals surface area contributed by atoms with E-state index in [1.807, 2.05) is 11.4 Å². The van der Waals surface area contributed by atoms with Gasteiger partial charge in [-0.05, 0) is 47.7 Å². The van der Waals surface area contributed by atoms with Crippen LogP contribution in [0.25, 0.3) is 0 Å². The van der Waals surface area contributed by atoms with Crippen molar-refractivity contribution >= 4 is 39.0 Å². The second-order valence-electron chi connectivity index (χ2n) is 4.38. The Kier molecular flexibility index (Phi) is 3.99. The molecule has 5 heteroatoms. The lowest BCUT2D eigenvalue weighted by atomic mass is 9.80. The predicted molar refractivity (Wildman–Crippen MR) is 69.4 cm³/mol. The highest BCUT2D eigenvalue weighted by atomic mass is 79.9. The molecule has 0 atom stereocenters. The van der Waals surface area contributed by atoms with Crippen molar-refractivity contribution in [2.24, 2.45) is 11.8 Å². The van der Waals surface area contributed by atoms with Gasteiger partial charge in [-0.1, -0.05) is 0 Å². The molecule has 1 aliphatic carbocycles. The Labute approximate surface area is 112 Å². The molecule has 1 aromatic heterocycles. The van der Waals surface area contributed by atoms with Crippen LogP contribution in [0.15, 0.2) is 15.9 Å². The highest BCUT2D eigenvalue weighted by Crippen LogP contribution is 2.33. The predicted octanol–water partition coefficient (Wildman–Crippen LogP) is 3.58. The van der Waals surface area contributed by atoms with E-state index in [1.165, 1.54) is 11.3 Å². The number of carbonyl (C=O) groups excluding carboxylic acids is 1. The summed E-state index contributed by atoms with van der Waals surface area (Å²) in [6.45, 7) is 0. The van der Waals surface area contributed by atoms with Crippen molar-refractivity contribution < 1.29 is 14.7 Å². The number of carboxylic acid groups (broad SMARTS) is 1. The van der Waals surface area contributed by atoms with E-state index in [-0.39, 0.29) is 17.6 Å². The average molecular weight is 317 g/mol. The van der Waals surface area contributed by atoms with Gasteiger partial charge in [0.15, 0.2) is 5.78 Å². The molecule has 1 fully saturated rings. The van der Waals surface area contributed by atoms with Crippen LogP contribution in [0.1, 0.15) is 35.4 Å². The van der Waals surface area contributed by atoms with E-state index < -0.39 is 5.97 Å². The monoisotopic (exact) mass is 316 g/mol. The van der Waals surface area contributed by atoms with Gasteiger partial charge in [-0.15, -0.1) is 11.3 Å². The van der Waals surface area contributed by atoms with Gasteiger partial charge in [0.25, 0.3) is 0 Å². The van der Waals surface area contributed by atoms with Crippen LogP contribution in [0.5, 0.6) is 0 Å². The summed E-state index contributed by atoms with van der Waals surface area (Å²) in [6.07, 6.45) is 2.65. The van der Waals surface area contributed by atoms with Crippen LogP contribution in [0.2, 0.25) is 0 Å². The van der Waals surface area contributed by atoms with Crippen molar-refractivity contribution in [2.75, 3.05) is 0 Å². The molecule has 2 rings (SSSR count). The van der Waals surface area contributed by atoms with E-state index in [4.69, 9.17) is 5.11 Å². The molecule has 3 nitrogen and oxygen atoms in total. The minimum absolute atomic E-state index is 0.0103. The Morgan fingerprint density at radius 2 is 1.82 bits per heavy atom. The molecule has 0 radical (unpaired) electrons. The molecular weight excluding hydrogens is 304 g/mol. The lowest BCUT2D eigenvalue weighted by Crippen LogP contribution is -2.25. The van der Waals surface area contributed by atoms with Gasteiger partial charge in [-0.3, -0.25) is 9.59 Å². The highest BCUT2D eigenvalue weighted by molar-refractivity contribution is 9.10. The molecule has 0 amide bonds. The van der Waals surface area contributed by atoms with Crippen molar-refractivity contribution in [3.8, 4) is 0 Å². The average Bonchev–Trinajstić information content (AvgIpc) is 2.75. The zero-order valence-corrected chi connectivity index (χ0v) is 11.6. The van der Waals surface area contributed by atoms with Crippen LogP contribution in [0.3, 0.4) is 0 Å². The number of hydrogen-bond donors (Lipinski definition) is 1. The van der Waals surface area contributed by atoms with E-state index in [2.05, 4.69) is 15.9 Å². The molecular formula is C12H13BrO3S. The molecule has 0 aliphatic heterocycles. The molecule has 0 bridgehead atoms. The summed E-state index contributed by atoms with van der Waals surface area (Å²) in [5.74, 6) is -0.801. The largest absolute Gasteiger partial charge is 0.481 e. The molecule has 1 heterocycles. The maximum Gasteiger partial charge on any atom is 0.306 e. The molecule has 1 aromatic rings. The van der Waals surface area contributed by atoms with E-state index in [1.54, 1.807) is 0 Å². The van der Waals surface area contributed by atoms with E-state index in [0.29, 0.717) is 25.7 Å². The zero-order valence-electron chi connectivity index (χ0n) is 9.19. The van der Waals surface area contributed by atoms with E-state index in [0.717, 1.165) is 9.35 Å². The molecule has 1 N–H and O–H groups in total. The number of ketones is 1. The number of carbonyl (C=O) groups is 2. The summed E-state index contributed by atoms with van der Waals surface area (Å²) in [7, 11) is 0. The van der Waals surface area contributed by atoms with Gasteiger partial charge in [0, 0.05) is 15.8 Å². The lowest BCUT2D eigenvalue weighted by molar-refractivity contribution is -0.143. The molecule has 17 heavy (non-hydrogen) atoms. The summed E-state index contributed by atoms with van der Waals surface area (Å²) in [6, 6.07) is 1.84. The van der Waals surface area contributed by atoms with E-state index in [9.17, 15) is 9.59 Å². The van der Waals surface area contributed by atoms with Gasteiger partial charge < -0.3 is 5.11 Å². The van der Waals surface area contributed by atoms with Crippen LogP contribution in [0.4, 0.5) is 0 Å². The molecule has 0 spiro atoms. The number of rotatable bonds is 3. The molecule has 0 aromatic carbocycles. The Morgan fingerprint density at radius 3 is 2.29 bits per heavy atom. The van der Waals surface area contributed by atoms with Gasteiger partial charge in [0.1, 0.15) is 0 Å². The smallest absolute Gasteiger partial charge is 0.306 e. The molecule has 0 saturated heterocycles. The van der Waals surface area contributed by atoms with Crippen LogP contribution in [-0.4, -0.2) is 16.9 Å². The first-order chi connectivity index (χ1) is 8.08. The maximum absolute atomic E-state index is 12.1. The second-order valence-corrected chi connectivity index (χ2v) is 6.21. The normalized spacial score (nSPS) is 24.5. The summed E-state index contributed by atoms with van der Waals surface area (Å²) in [5, 5.41) is 10.8. The lowest BCUT2D eigenvalue weighted by Gasteiger charge is -2.24. The summed E-state index contributed by atoms with van der Waals surface area (Å²) in [5.41, 5.74) is 0. The minimum atomic E-state index is -0.727. The number of aliphatic carboxylic acids is 1. The Morgan fingerprint density at radius 1 is 1.24 bits per heavy atom. The van der Waals surface area contributed by atoms with E-state index >= 15 is 0 Å². The van der Waals surface area contributed by atoms with Crippen LogP contribution >= 0.6 is 27.3 Å². The van der Waals surface area contributed by atoms with Crippen molar-refractivity contribution in [1.82, 2.24) is 0 Å². The minimum Gasteiger partial charge on any atom is -0.481 e. The summed E-state index contributed by atoms with van der Waals surface area (Å²) < 4.78 is 0.935. The van der Waals surface area contributed by atoms with Crippen LogP contribution in [-0.2, 0) is 4.79 Å². The van der Waals surface area contributed by atoms with Crippen molar-refractivity contribution in [3.63, 3.8) is 0 Å². The Bertz CT molecular complexity index is 433. The first-order valence-corrected chi connectivity index (χ1v) is 7.26. The third kappa shape index (κ3) is 2.96. The summed E-state index contributed by atoms with van der Waals surface area (Å²) >= 11 is 4.78. The van der Waals surface area contributed by atoms with Crippen LogP contribution < -0.4 is 0 Å². The van der Waals surface area contributed by atoms with Gasteiger partial charge >= 0.3 is 5.97 Å². The topological polar surface area (TPSA) is 54.4 Å². The fourth-order valence-electron chi connectivity index (χ4n) is 2.25. The fraction of sp³-hybridized carbons (Fsp3) is 0.500. The second kappa shape index (κ2) is 5.31. The fourth-order valence-corrected chi connectivity index (χ4v) is 3.69. The third-order valence-electron chi connectivity index (χ3n) is 3.26. The van der Waals surface area contributed by atoms with Gasteiger partial charge in [0.05, 0.1) is 10.8 Å². The first kappa shape index (κ1) is 12.8. The van der Waals surface area contributed by atoms with Gasteiger partial charge in [0.2, 0.25) is 0 Å². The number of Topliss-reactive ketones (excluding diaryl/α,β-unsaturated/α-hetero) is 1. The molecule has 1 saturated carbocycles. The number of halogens is 1. The standard InChI is InChI=1S/C12H13BrO3S/c13-9-5-10(17-6-9)11(14)7-1-3-8(4-2-7)12(15)16/h5-8H,1-4H2,(H,15,16). The number of hydrogen-bond acceptors (Lipinski definition) is 3. The zero-order chi connectivity index (χ0) is 12.4. The Balaban J connectivity index is 1.97. The van der Waals surface area contributed by atoms with Gasteiger partial charge in [-0.2, -0.15) is 0 Å². The highest BCUT2D eigenvalue weighted by Gasteiger charge is 2.30. The molecule has 1 aliphatic rings. The third-order valence-corrected chi connectivity index (χ3v) is 4.96. The SMILES string of the molecule is O=C(O)C1CCC(C(=O)c2cc(Br)cs2)CC1. The van der Waals surface area contributed by atoms with Crippen molar-refractivity contribution in [3.05, 3.63) is 20.8 Å². The molecule has 0 unspecified atom stereocenters. The maximum atomic E-state index is 12.1. The quantitative estimate of drug-likeness (QED) is 0.867. The van der Waals surface area contributed by atoms with Crippen molar-refractivity contribution in [2.45, 2.75) is 25.7 Å². The first-order valence-electron chi connectivity index (χ1n) is 5.59.